The predicted octanol–water partition coefficient (Wildman–Crippen LogP) is 4.82. The quantitative estimate of drug-likeness (QED) is 0.304. The minimum absolute atomic E-state index is 0.208. The number of nitrogens with zero attached hydrogens (tertiary/aromatic N) is 5. The van der Waals surface area contributed by atoms with Gasteiger partial charge in [0.25, 0.3) is 0 Å². The summed E-state index contributed by atoms with van der Waals surface area (Å²) in [7, 11) is 0. The smallest absolute Gasteiger partial charge is 0.219 e. The Morgan fingerprint density at radius 2 is 1.32 bits per heavy atom. The van der Waals surface area contributed by atoms with Crippen molar-refractivity contribution >= 4 is 22.1 Å². The molecule has 0 bridgehead atoms. The van der Waals surface area contributed by atoms with Gasteiger partial charge in [-0.1, -0.05) is 6.07 Å². The van der Waals surface area contributed by atoms with Crippen LogP contribution in [-0.4, -0.2) is 50.6 Å². The summed E-state index contributed by atoms with van der Waals surface area (Å²) in [5.74, 6) is 1.46. The topological polar surface area (TPSA) is 118 Å². The van der Waals surface area contributed by atoms with E-state index in [2.05, 4.69) is 15.0 Å². The minimum atomic E-state index is -0.803. The highest BCUT2D eigenvalue weighted by atomic mass is 16.5. The standard InChI is InChI=1S/C17H19N3O2.C11H14N2O2/c1-12-4-7-16(18-9-12)22-13-5-6-14-15(8-13)20(11-19-14)10-17(2,3)21;1-11(2,15)6-13-7-12-9-4-3-8(14)5-10(9)13/h4-9,11,21H,10H2,1-3H3;3-5,7,14-15H,6H2,1-2H3. The summed E-state index contributed by atoms with van der Waals surface area (Å²) in [6.45, 7) is 9.93. The lowest BCUT2D eigenvalue weighted by molar-refractivity contribution is 0.0620. The lowest BCUT2D eigenvalue weighted by Gasteiger charge is -2.18. The molecule has 0 saturated carbocycles. The molecule has 0 aliphatic carbocycles. The lowest BCUT2D eigenvalue weighted by Crippen LogP contribution is -2.25. The van der Waals surface area contributed by atoms with Gasteiger partial charge in [-0.2, -0.15) is 0 Å². The van der Waals surface area contributed by atoms with Crippen LogP contribution in [0.4, 0.5) is 0 Å². The van der Waals surface area contributed by atoms with Gasteiger partial charge in [0, 0.05) is 24.4 Å². The number of aryl methyl sites for hydroxylation is 1. The summed E-state index contributed by atoms with van der Waals surface area (Å²) in [5.41, 5.74) is 2.93. The van der Waals surface area contributed by atoms with Crippen LogP contribution < -0.4 is 4.74 Å². The Kier molecular flexibility index (Phi) is 7.20. The average molecular weight is 504 g/mol. The van der Waals surface area contributed by atoms with Crippen molar-refractivity contribution in [2.75, 3.05) is 0 Å². The fourth-order valence-electron chi connectivity index (χ4n) is 3.87. The second kappa shape index (κ2) is 10.2. The van der Waals surface area contributed by atoms with E-state index >= 15 is 0 Å². The molecule has 0 aliphatic rings. The minimum Gasteiger partial charge on any atom is -0.508 e. The summed E-state index contributed by atoms with van der Waals surface area (Å²) < 4.78 is 9.53. The SMILES string of the molecule is CC(C)(O)Cn1cnc2ccc(O)cc21.Cc1ccc(Oc2ccc3ncn(CC(C)(C)O)c3c2)nc1. The number of imidazole rings is 2. The molecule has 194 valence electrons. The Balaban J connectivity index is 0.000000186. The summed E-state index contributed by atoms with van der Waals surface area (Å²) in [5, 5.41) is 29.1. The van der Waals surface area contributed by atoms with Crippen molar-refractivity contribution in [3.8, 4) is 17.4 Å². The van der Waals surface area contributed by atoms with Crippen molar-refractivity contribution in [1.29, 1.82) is 0 Å². The first-order chi connectivity index (χ1) is 17.4. The molecule has 5 aromatic rings. The molecule has 0 amide bonds. The van der Waals surface area contributed by atoms with E-state index in [-0.39, 0.29) is 5.75 Å². The van der Waals surface area contributed by atoms with E-state index in [1.807, 2.05) is 46.4 Å². The van der Waals surface area contributed by atoms with Gasteiger partial charge in [-0.25, -0.2) is 15.0 Å². The van der Waals surface area contributed by atoms with Crippen molar-refractivity contribution < 1.29 is 20.1 Å². The normalized spacial score (nSPS) is 12.0. The van der Waals surface area contributed by atoms with Crippen LogP contribution in [0.2, 0.25) is 0 Å². The second-order valence-corrected chi connectivity index (χ2v) is 10.5. The largest absolute Gasteiger partial charge is 0.508 e. The number of hydrogen-bond donors (Lipinski definition) is 3. The number of pyridine rings is 1. The number of benzene rings is 2. The molecule has 0 fully saturated rings. The molecule has 0 spiro atoms. The molecular weight excluding hydrogens is 470 g/mol. The summed E-state index contributed by atoms with van der Waals surface area (Å²) in [4.78, 5) is 12.8. The van der Waals surface area contributed by atoms with E-state index < -0.39 is 11.2 Å². The van der Waals surface area contributed by atoms with Crippen LogP contribution in [0.25, 0.3) is 22.1 Å². The molecule has 0 saturated heterocycles. The number of hydrogen-bond acceptors (Lipinski definition) is 7. The number of fused-ring (bicyclic) bond motifs is 2. The van der Waals surface area contributed by atoms with Crippen molar-refractivity contribution in [3.63, 3.8) is 0 Å². The van der Waals surface area contributed by atoms with Crippen LogP contribution in [0.15, 0.2) is 67.4 Å². The maximum atomic E-state index is 9.99. The maximum absolute atomic E-state index is 9.99. The molecule has 0 atom stereocenters. The van der Waals surface area contributed by atoms with E-state index in [1.165, 1.54) is 0 Å². The van der Waals surface area contributed by atoms with Crippen LogP contribution in [-0.2, 0) is 13.1 Å². The Labute approximate surface area is 215 Å². The highest BCUT2D eigenvalue weighted by Crippen LogP contribution is 2.25. The number of aromatic nitrogens is 5. The summed E-state index contributed by atoms with van der Waals surface area (Å²) >= 11 is 0. The van der Waals surface area contributed by atoms with Crippen LogP contribution in [0.3, 0.4) is 0 Å². The van der Waals surface area contributed by atoms with Crippen LogP contribution in [0.1, 0.15) is 33.3 Å². The van der Waals surface area contributed by atoms with Crippen LogP contribution >= 0.6 is 0 Å². The summed E-state index contributed by atoms with van der Waals surface area (Å²) in [6.07, 6.45) is 5.17. The molecule has 5 rings (SSSR count). The highest BCUT2D eigenvalue weighted by Gasteiger charge is 2.16. The number of phenolic OH excluding ortho intramolecular Hbond substituents is 1. The number of aliphatic hydroxyl groups is 2. The fourth-order valence-corrected chi connectivity index (χ4v) is 3.87. The van der Waals surface area contributed by atoms with Gasteiger partial charge in [0.15, 0.2) is 0 Å². The zero-order valence-electron chi connectivity index (χ0n) is 21.8. The van der Waals surface area contributed by atoms with Crippen molar-refractivity contribution in [1.82, 2.24) is 24.1 Å². The Morgan fingerprint density at radius 3 is 1.86 bits per heavy atom. The molecule has 0 unspecified atom stereocenters. The van der Waals surface area contributed by atoms with Crippen molar-refractivity contribution in [3.05, 3.63) is 72.9 Å². The van der Waals surface area contributed by atoms with E-state index in [4.69, 9.17) is 4.74 Å². The van der Waals surface area contributed by atoms with Gasteiger partial charge in [0.2, 0.25) is 5.88 Å². The van der Waals surface area contributed by atoms with E-state index in [1.54, 1.807) is 64.7 Å². The van der Waals surface area contributed by atoms with Gasteiger partial charge in [0.1, 0.15) is 11.5 Å². The molecule has 37 heavy (non-hydrogen) atoms. The Bertz CT molecular complexity index is 1490. The van der Waals surface area contributed by atoms with E-state index in [0.717, 1.165) is 27.6 Å². The third-order valence-electron chi connectivity index (χ3n) is 5.42. The first kappa shape index (κ1) is 26.1. The summed E-state index contributed by atoms with van der Waals surface area (Å²) in [6, 6.07) is 14.5. The van der Waals surface area contributed by atoms with Gasteiger partial charge >= 0.3 is 0 Å². The molecule has 2 aromatic carbocycles. The lowest BCUT2D eigenvalue weighted by atomic mass is 10.1. The zero-order chi connectivity index (χ0) is 26.8. The van der Waals surface area contributed by atoms with E-state index in [0.29, 0.717) is 24.7 Å². The molecule has 0 radical (unpaired) electrons. The molecule has 3 heterocycles. The third kappa shape index (κ3) is 7.05. The molecular formula is C28H33N5O4. The predicted molar refractivity (Wildman–Crippen MR) is 143 cm³/mol. The first-order valence-electron chi connectivity index (χ1n) is 12.0. The van der Waals surface area contributed by atoms with Crippen LogP contribution in [0, 0.1) is 6.92 Å². The molecule has 3 N–H and O–H groups in total. The van der Waals surface area contributed by atoms with Crippen molar-refractivity contribution in [2.45, 2.75) is 58.9 Å². The molecule has 9 heteroatoms. The van der Waals surface area contributed by atoms with Gasteiger partial charge in [0.05, 0.1) is 59.0 Å². The number of aromatic hydroxyl groups is 1. The third-order valence-corrected chi connectivity index (χ3v) is 5.42. The number of phenols is 1. The van der Waals surface area contributed by atoms with Crippen LogP contribution in [0.5, 0.6) is 17.4 Å². The maximum Gasteiger partial charge on any atom is 0.219 e. The van der Waals surface area contributed by atoms with E-state index in [9.17, 15) is 15.3 Å². The zero-order valence-corrected chi connectivity index (χ0v) is 21.8. The first-order valence-corrected chi connectivity index (χ1v) is 12.0. The van der Waals surface area contributed by atoms with Gasteiger partial charge in [-0.3, -0.25) is 0 Å². The monoisotopic (exact) mass is 503 g/mol. The molecule has 3 aromatic heterocycles. The van der Waals surface area contributed by atoms with Gasteiger partial charge in [-0.05, 0) is 64.4 Å². The Hall–Kier alpha value is -3.95. The van der Waals surface area contributed by atoms with Gasteiger partial charge in [-0.15, -0.1) is 0 Å². The van der Waals surface area contributed by atoms with Gasteiger partial charge < -0.3 is 29.2 Å². The highest BCUT2D eigenvalue weighted by molar-refractivity contribution is 5.77. The molecule has 0 aliphatic heterocycles. The Morgan fingerprint density at radius 1 is 0.757 bits per heavy atom. The number of ether oxygens (including phenoxy) is 1. The second-order valence-electron chi connectivity index (χ2n) is 10.5. The fraction of sp³-hybridized carbons (Fsp3) is 0.321. The molecule has 9 nitrogen and oxygen atoms in total. The number of rotatable bonds is 6. The van der Waals surface area contributed by atoms with Crippen molar-refractivity contribution in [2.24, 2.45) is 0 Å². The average Bonchev–Trinajstić information content (AvgIpc) is 3.37.